The van der Waals surface area contributed by atoms with E-state index >= 15 is 0 Å². The monoisotopic (exact) mass is 79.1 g/mol. The van der Waals surface area contributed by atoms with Gasteiger partial charge in [-0.05, 0) is 5.92 Å². The van der Waals surface area contributed by atoms with Gasteiger partial charge in [-0.25, -0.2) is 0 Å². The van der Waals surface area contributed by atoms with Crippen LogP contribution < -0.4 is 0 Å². The van der Waals surface area contributed by atoms with Gasteiger partial charge in [0.2, 0.25) is 0 Å². The predicted molar refractivity (Wildman–Crippen MR) is 32.0 cm³/mol. The van der Waals surface area contributed by atoms with Crippen molar-refractivity contribution in [3.63, 3.8) is 0 Å². The second kappa shape index (κ2) is 5.60. The SMILES string of the molecule is CC[C](C)C.[LiH]. The molecule has 0 aromatic heterocycles. The Morgan fingerprint density at radius 3 is 1.50 bits per heavy atom. The van der Waals surface area contributed by atoms with Crippen molar-refractivity contribution in [2.45, 2.75) is 27.2 Å². The van der Waals surface area contributed by atoms with Gasteiger partial charge in [0.1, 0.15) is 0 Å². The molecule has 0 aliphatic heterocycles. The van der Waals surface area contributed by atoms with Gasteiger partial charge in [-0.2, -0.15) is 0 Å². The molecule has 33 valence electrons. The zero-order valence-corrected chi connectivity index (χ0v) is 4.21. The Hall–Kier alpha value is 0.597. The molecule has 0 heterocycles. The summed E-state index contributed by atoms with van der Waals surface area (Å²) in [5, 5.41) is 0. The van der Waals surface area contributed by atoms with E-state index in [-0.39, 0.29) is 18.9 Å². The van der Waals surface area contributed by atoms with E-state index in [9.17, 15) is 0 Å². The van der Waals surface area contributed by atoms with Crippen LogP contribution in [0, 0.1) is 5.92 Å². The van der Waals surface area contributed by atoms with Crippen LogP contribution in [-0.2, 0) is 0 Å². The van der Waals surface area contributed by atoms with Gasteiger partial charge >= 0.3 is 18.9 Å². The van der Waals surface area contributed by atoms with Gasteiger partial charge in [-0.1, -0.05) is 27.2 Å². The van der Waals surface area contributed by atoms with Crippen LogP contribution in [0.4, 0.5) is 0 Å². The number of rotatable bonds is 1. The van der Waals surface area contributed by atoms with E-state index in [0.717, 1.165) is 0 Å². The Balaban J connectivity index is 0. The maximum absolute atomic E-state index is 2.16. The van der Waals surface area contributed by atoms with Gasteiger partial charge in [0.15, 0.2) is 0 Å². The Morgan fingerprint density at radius 2 is 1.50 bits per heavy atom. The third kappa shape index (κ3) is 8.82. The molecule has 0 nitrogen and oxygen atoms in total. The van der Waals surface area contributed by atoms with E-state index in [1.807, 2.05) is 0 Å². The second-order valence-electron chi connectivity index (χ2n) is 1.56. The van der Waals surface area contributed by atoms with E-state index in [2.05, 4.69) is 20.8 Å². The summed E-state index contributed by atoms with van der Waals surface area (Å²) in [4.78, 5) is 0. The average Bonchev–Trinajstić information content (AvgIpc) is 1.38. The first-order valence-corrected chi connectivity index (χ1v) is 2.06. The van der Waals surface area contributed by atoms with Crippen LogP contribution in [0.15, 0.2) is 0 Å². The van der Waals surface area contributed by atoms with Crippen molar-refractivity contribution in [3.05, 3.63) is 5.92 Å². The third-order valence-corrected chi connectivity index (χ3v) is 0.707. The zero-order valence-electron chi connectivity index (χ0n) is 4.21. The molecule has 0 aliphatic carbocycles. The molecule has 0 fully saturated rings. The van der Waals surface area contributed by atoms with Crippen LogP contribution in [0.25, 0.3) is 0 Å². The first-order chi connectivity index (χ1) is 2.27. The summed E-state index contributed by atoms with van der Waals surface area (Å²) in [6, 6.07) is 0. The molecule has 0 rings (SSSR count). The molecule has 0 aromatic rings. The quantitative estimate of drug-likeness (QED) is 0.416. The summed E-state index contributed by atoms with van der Waals surface area (Å²) >= 11 is 0. The van der Waals surface area contributed by atoms with Crippen molar-refractivity contribution in [2.75, 3.05) is 0 Å². The van der Waals surface area contributed by atoms with Crippen molar-refractivity contribution >= 4 is 18.9 Å². The molecule has 0 aliphatic rings. The molecule has 0 atom stereocenters. The van der Waals surface area contributed by atoms with Crippen LogP contribution in [0.2, 0.25) is 0 Å². The van der Waals surface area contributed by atoms with Gasteiger partial charge in [0.25, 0.3) is 0 Å². The van der Waals surface area contributed by atoms with Crippen molar-refractivity contribution in [3.8, 4) is 0 Å². The molecular formula is C5H12Li. The fourth-order valence-electron chi connectivity index (χ4n) is 0. The third-order valence-electron chi connectivity index (χ3n) is 0.707. The van der Waals surface area contributed by atoms with Crippen molar-refractivity contribution in [2.24, 2.45) is 0 Å². The van der Waals surface area contributed by atoms with Crippen LogP contribution in [0.3, 0.4) is 0 Å². The Bertz CT molecular complexity index is 17.9. The summed E-state index contributed by atoms with van der Waals surface area (Å²) < 4.78 is 0. The molecule has 0 aromatic carbocycles. The van der Waals surface area contributed by atoms with Gasteiger partial charge in [-0.15, -0.1) is 0 Å². The fourth-order valence-corrected chi connectivity index (χ4v) is 0. The Kier molecular flexibility index (Phi) is 9.12. The minimum atomic E-state index is 0. The molecule has 0 bridgehead atoms. The first kappa shape index (κ1) is 9.78. The summed E-state index contributed by atoms with van der Waals surface area (Å²) in [5.41, 5.74) is 0. The molecule has 0 spiro atoms. The maximum atomic E-state index is 2.16. The molecule has 6 heavy (non-hydrogen) atoms. The molecule has 1 heteroatoms. The van der Waals surface area contributed by atoms with Crippen LogP contribution in [-0.4, -0.2) is 18.9 Å². The zero-order chi connectivity index (χ0) is 4.28. The van der Waals surface area contributed by atoms with Gasteiger partial charge in [-0.3, -0.25) is 0 Å². The Morgan fingerprint density at radius 1 is 1.33 bits per heavy atom. The molecular weight excluding hydrogens is 67.0 g/mol. The van der Waals surface area contributed by atoms with Crippen LogP contribution in [0.5, 0.6) is 0 Å². The summed E-state index contributed by atoms with van der Waals surface area (Å²) in [7, 11) is 0. The van der Waals surface area contributed by atoms with E-state index < -0.39 is 0 Å². The standard InChI is InChI=1S/C5H11.Li.H/c1-4-5(2)3;;/h4H2,1-3H3;;. The number of hydrogen-bond donors (Lipinski definition) is 0. The fraction of sp³-hybridized carbons (Fsp3) is 0.800. The summed E-state index contributed by atoms with van der Waals surface area (Å²) in [6.45, 7) is 6.44. The molecule has 0 amide bonds. The van der Waals surface area contributed by atoms with E-state index in [1.54, 1.807) is 0 Å². The second-order valence-corrected chi connectivity index (χ2v) is 1.56. The van der Waals surface area contributed by atoms with Crippen LogP contribution >= 0.6 is 0 Å². The van der Waals surface area contributed by atoms with Crippen molar-refractivity contribution in [1.82, 2.24) is 0 Å². The molecule has 0 saturated heterocycles. The minimum absolute atomic E-state index is 0. The molecule has 0 unspecified atom stereocenters. The van der Waals surface area contributed by atoms with E-state index in [1.165, 1.54) is 12.3 Å². The van der Waals surface area contributed by atoms with Gasteiger partial charge < -0.3 is 0 Å². The van der Waals surface area contributed by atoms with Crippen molar-refractivity contribution < 1.29 is 0 Å². The van der Waals surface area contributed by atoms with Crippen molar-refractivity contribution in [1.29, 1.82) is 0 Å². The predicted octanol–water partition coefficient (Wildman–Crippen LogP) is 1.36. The normalized spacial score (nSPS) is 8.00. The first-order valence-electron chi connectivity index (χ1n) is 2.06. The van der Waals surface area contributed by atoms with Crippen LogP contribution in [0.1, 0.15) is 27.2 Å². The Labute approximate surface area is 52.5 Å². The summed E-state index contributed by atoms with van der Waals surface area (Å²) in [5.74, 6) is 1.50. The number of hydrogen-bond acceptors (Lipinski definition) is 0. The average molecular weight is 79.1 g/mol. The van der Waals surface area contributed by atoms with E-state index in [0.29, 0.717) is 0 Å². The molecule has 0 N–H and O–H groups in total. The van der Waals surface area contributed by atoms with Gasteiger partial charge in [0.05, 0.1) is 0 Å². The van der Waals surface area contributed by atoms with Gasteiger partial charge in [0, 0.05) is 0 Å². The summed E-state index contributed by atoms with van der Waals surface area (Å²) in [6.07, 6.45) is 1.22. The molecule has 1 radical (unpaired) electrons. The molecule has 0 saturated carbocycles. The topological polar surface area (TPSA) is 0 Å². The van der Waals surface area contributed by atoms with E-state index in [4.69, 9.17) is 0 Å².